The highest BCUT2D eigenvalue weighted by atomic mass is 79.9. The van der Waals surface area contributed by atoms with Gasteiger partial charge in [-0.05, 0) is 46.6 Å². The van der Waals surface area contributed by atoms with E-state index < -0.39 is 0 Å². The predicted octanol–water partition coefficient (Wildman–Crippen LogP) is 4.62. The fraction of sp³-hybridized carbons (Fsp3) is 0.300. The lowest BCUT2D eigenvalue weighted by atomic mass is 9.86. The molecular formula is C20H19BrCl2N4O2. The number of piperidine rings is 1. The van der Waals surface area contributed by atoms with Gasteiger partial charge in [-0.25, -0.2) is 0 Å². The Kier molecular flexibility index (Phi) is 6.01. The molecule has 2 N–H and O–H groups in total. The lowest BCUT2D eigenvalue weighted by Crippen LogP contribution is -2.50. The molecule has 9 heteroatoms. The SMILES string of the molecule is Cn1ncc(Cl)c1-c1oc(C(=O)N[C@@H]2CNCC[C@H]2c2ccc(Cl)cc2)cc1Br. The molecule has 3 aromatic rings. The van der Waals surface area contributed by atoms with Crippen LogP contribution in [-0.2, 0) is 7.05 Å². The van der Waals surface area contributed by atoms with E-state index in [0.717, 1.165) is 18.5 Å². The molecule has 29 heavy (non-hydrogen) atoms. The van der Waals surface area contributed by atoms with Crippen LogP contribution < -0.4 is 10.6 Å². The standard InChI is InChI=1S/C20H19BrCl2N4O2/c1-27-18(15(23)9-25-27)19-14(21)8-17(29-19)20(28)26-16-10-24-7-6-13(16)11-2-4-12(22)5-3-11/h2-5,8-9,13,16,24H,6-7,10H2,1H3,(H,26,28)/t13-,16+/m0/s1. The van der Waals surface area contributed by atoms with Crippen LogP contribution in [0.3, 0.4) is 0 Å². The van der Waals surface area contributed by atoms with Gasteiger partial charge < -0.3 is 15.1 Å². The second-order valence-corrected chi connectivity index (χ2v) is 8.68. The summed E-state index contributed by atoms with van der Waals surface area (Å²) in [7, 11) is 1.76. The number of aryl methyl sites for hydroxylation is 1. The number of nitrogens with one attached hydrogen (secondary N) is 2. The minimum Gasteiger partial charge on any atom is -0.448 e. The quantitative estimate of drug-likeness (QED) is 0.551. The smallest absolute Gasteiger partial charge is 0.287 e. The summed E-state index contributed by atoms with van der Waals surface area (Å²) in [5.74, 6) is 0.602. The Morgan fingerprint density at radius 3 is 2.79 bits per heavy atom. The third-order valence-corrected chi connectivity index (χ3v) is 6.23. The molecule has 152 valence electrons. The van der Waals surface area contributed by atoms with Gasteiger partial charge in [0, 0.05) is 36.6 Å². The van der Waals surface area contributed by atoms with Crippen molar-refractivity contribution in [1.82, 2.24) is 20.4 Å². The summed E-state index contributed by atoms with van der Waals surface area (Å²) < 4.78 is 8.09. The lowest BCUT2D eigenvalue weighted by Gasteiger charge is -2.33. The van der Waals surface area contributed by atoms with Crippen LogP contribution in [0.2, 0.25) is 10.0 Å². The molecule has 1 aromatic carbocycles. The van der Waals surface area contributed by atoms with E-state index in [4.69, 9.17) is 27.6 Å². The maximum Gasteiger partial charge on any atom is 0.287 e. The first kappa shape index (κ1) is 20.5. The second-order valence-electron chi connectivity index (χ2n) is 6.98. The Labute approximate surface area is 186 Å². The van der Waals surface area contributed by atoms with Crippen molar-refractivity contribution in [1.29, 1.82) is 0 Å². The number of carbonyl (C=O) groups is 1. The summed E-state index contributed by atoms with van der Waals surface area (Å²) in [6.45, 7) is 1.58. The van der Waals surface area contributed by atoms with Crippen LogP contribution in [0.15, 0.2) is 45.4 Å². The molecule has 4 rings (SSSR count). The summed E-state index contributed by atoms with van der Waals surface area (Å²) in [5, 5.41) is 11.7. The van der Waals surface area contributed by atoms with E-state index in [-0.39, 0.29) is 23.6 Å². The molecule has 0 spiro atoms. The first-order chi connectivity index (χ1) is 13.9. The van der Waals surface area contributed by atoms with E-state index >= 15 is 0 Å². The van der Waals surface area contributed by atoms with Crippen molar-refractivity contribution < 1.29 is 9.21 Å². The van der Waals surface area contributed by atoms with E-state index in [0.29, 0.717) is 32.5 Å². The molecule has 0 unspecified atom stereocenters. The number of carbonyl (C=O) groups excluding carboxylic acids is 1. The zero-order valence-electron chi connectivity index (χ0n) is 15.6. The van der Waals surface area contributed by atoms with Gasteiger partial charge in [0.1, 0.15) is 5.69 Å². The number of furan rings is 1. The molecule has 0 radical (unpaired) electrons. The van der Waals surface area contributed by atoms with Crippen LogP contribution in [0.1, 0.15) is 28.5 Å². The van der Waals surface area contributed by atoms with Crippen LogP contribution in [0.5, 0.6) is 0 Å². The highest BCUT2D eigenvalue weighted by Crippen LogP contribution is 2.35. The number of hydrogen-bond donors (Lipinski definition) is 2. The number of benzene rings is 1. The Balaban J connectivity index is 1.55. The van der Waals surface area contributed by atoms with Gasteiger partial charge in [-0.2, -0.15) is 5.10 Å². The van der Waals surface area contributed by atoms with Crippen molar-refractivity contribution in [3.63, 3.8) is 0 Å². The third-order valence-electron chi connectivity index (χ3n) is 5.12. The summed E-state index contributed by atoms with van der Waals surface area (Å²) >= 11 is 15.7. The van der Waals surface area contributed by atoms with Gasteiger partial charge in [-0.15, -0.1) is 0 Å². The average molecular weight is 498 g/mol. The maximum absolute atomic E-state index is 12.9. The Hall–Kier alpha value is -1.80. The zero-order valence-corrected chi connectivity index (χ0v) is 18.7. The number of halogens is 3. The molecule has 1 aliphatic rings. The van der Waals surface area contributed by atoms with Crippen LogP contribution in [-0.4, -0.2) is 34.8 Å². The fourth-order valence-corrected chi connectivity index (χ4v) is 4.52. The topological polar surface area (TPSA) is 72.1 Å². The molecule has 0 bridgehead atoms. The average Bonchev–Trinajstić information content (AvgIpc) is 3.24. The molecule has 2 aromatic heterocycles. The molecule has 2 atom stereocenters. The molecule has 1 saturated heterocycles. The third kappa shape index (κ3) is 4.23. The number of hydrogen-bond acceptors (Lipinski definition) is 4. The first-order valence-electron chi connectivity index (χ1n) is 9.18. The van der Waals surface area contributed by atoms with Crippen molar-refractivity contribution in [2.45, 2.75) is 18.4 Å². The molecule has 0 saturated carbocycles. The van der Waals surface area contributed by atoms with E-state index in [1.54, 1.807) is 17.8 Å². The van der Waals surface area contributed by atoms with Gasteiger partial charge >= 0.3 is 0 Å². The lowest BCUT2D eigenvalue weighted by molar-refractivity contribution is 0.0897. The highest BCUT2D eigenvalue weighted by molar-refractivity contribution is 9.10. The van der Waals surface area contributed by atoms with Crippen LogP contribution in [0, 0.1) is 0 Å². The molecular weight excluding hydrogens is 479 g/mol. The molecule has 1 aliphatic heterocycles. The van der Waals surface area contributed by atoms with E-state index in [1.165, 1.54) is 6.20 Å². The monoisotopic (exact) mass is 496 g/mol. The van der Waals surface area contributed by atoms with E-state index in [9.17, 15) is 4.79 Å². The summed E-state index contributed by atoms with van der Waals surface area (Å²) in [5.41, 5.74) is 1.76. The van der Waals surface area contributed by atoms with Crippen LogP contribution >= 0.6 is 39.1 Å². The zero-order chi connectivity index (χ0) is 20.5. The normalized spacial score (nSPS) is 19.3. The Bertz CT molecular complexity index is 1010. The van der Waals surface area contributed by atoms with Gasteiger partial charge in [-0.1, -0.05) is 35.3 Å². The van der Waals surface area contributed by atoms with Crippen LogP contribution in [0.4, 0.5) is 0 Å². The van der Waals surface area contributed by atoms with Crippen molar-refractivity contribution in [3.05, 3.63) is 62.4 Å². The van der Waals surface area contributed by atoms with Crippen molar-refractivity contribution >= 4 is 45.0 Å². The van der Waals surface area contributed by atoms with Crippen molar-refractivity contribution in [2.75, 3.05) is 13.1 Å². The number of rotatable bonds is 4. The van der Waals surface area contributed by atoms with Gasteiger partial charge in [0.15, 0.2) is 11.5 Å². The second kappa shape index (κ2) is 8.52. The molecule has 1 fully saturated rings. The molecule has 1 amide bonds. The largest absolute Gasteiger partial charge is 0.448 e. The number of aromatic nitrogens is 2. The molecule has 6 nitrogen and oxygen atoms in total. The number of amides is 1. The van der Waals surface area contributed by atoms with Gasteiger partial charge in [0.2, 0.25) is 0 Å². The minimum atomic E-state index is -0.275. The summed E-state index contributed by atoms with van der Waals surface area (Å²) in [4.78, 5) is 12.9. The van der Waals surface area contributed by atoms with E-state index in [1.807, 2.05) is 24.3 Å². The first-order valence-corrected chi connectivity index (χ1v) is 10.7. The van der Waals surface area contributed by atoms with E-state index in [2.05, 4.69) is 31.7 Å². The van der Waals surface area contributed by atoms with Gasteiger partial charge in [0.05, 0.1) is 15.7 Å². The van der Waals surface area contributed by atoms with Crippen molar-refractivity contribution in [2.24, 2.45) is 7.05 Å². The minimum absolute atomic E-state index is 0.0648. The summed E-state index contributed by atoms with van der Waals surface area (Å²) in [6.07, 6.45) is 2.46. The highest BCUT2D eigenvalue weighted by Gasteiger charge is 2.29. The fourth-order valence-electron chi connectivity index (χ4n) is 3.67. The molecule has 0 aliphatic carbocycles. The Morgan fingerprint density at radius 1 is 1.34 bits per heavy atom. The van der Waals surface area contributed by atoms with Crippen molar-refractivity contribution in [3.8, 4) is 11.5 Å². The van der Waals surface area contributed by atoms with Gasteiger partial charge in [0.25, 0.3) is 5.91 Å². The number of nitrogens with zero attached hydrogens (tertiary/aromatic N) is 2. The summed E-state index contributed by atoms with van der Waals surface area (Å²) in [6, 6.07) is 9.38. The predicted molar refractivity (Wildman–Crippen MR) is 117 cm³/mol. The maximum atomic E-state index is 12.9. The molecule has 3 heterocycles. The van der Waals surface area contributed by atoms with Crippen LogP contribution in [0.25, 0.3) is 11.5 Å². The Morgan fingerprint density at radius 2 is 2.10 bits per heavy atom. The van der Waals surface area contributed by atoms with Gasteiger partial charge in [-0.3, -0.25) is 9.48 Å².